The highest BCUT2D eigenvalue weighted by Crippen LogP contribution is 2.48. The first-order valence-electron chi connectivity index (χ1n) is 7.55. The number of hydrogen-bond donors (Lipinski definition) is 1. The average molecular weight is 282 g/mol. The molecule has 0 spiro atoms. The van der Waals surface area contributed by atoms with Gasteiger partial charge in [-0.05, 0) is 50.4 Å². The third kappa shape index (κ3) is 2.77. The van der Waals surface area contributed by atoms with Crippen LogP contribution in [0.2, 0.25) is 0 Å². The maximum absolute atomic E-state index is 11.9. The number of allylic oxidation sites excluding steroid dienone is 1. The summed E-state index contributed by atoms with van der Waals surface area (Å²) in [7, 11) is 1.44. The molecule has 1 N–H and O–H groups in total. The van der Waals surface area contributed by atoms with E-state index < -0.39 is 5.60 Å². The number of rotatable bonds is 3. The number of ether oxygens (including phenoxy) is 1. The fourth-order valence-corrected chi connectivity index (χ4v) is 3.91. The Morgan fingerprint density at radius 3 is 2.75 bits per heavy atom. The van der Waals surface area contributed by atoms with Gasteiger partial charge < -0.3 is 4.74 Å². The number of carbonyl (C=O) groups excluding carboxylic acids is 1. The summed E-state index contributed by atoms with van der Waals surface area (Å²) < 4.78 is 4.90. The van der Waals surface area contributed by atoms with Crippen molar-refractivity contribution >= 4 is 5.97 Å². The molecule has 5 atom stereocenters. The summed E-state index contributed by atoms with van der Waals surface area (Å²) in [4.78, 5) is 16.6. The van der Waals surface area contributed by atoms with E-state index >= 15 is 0 Å². The van der Waals surface area contributed by atoms with Crippen molar-refractivity contribution in [3.05, 3.63) is 11.6 Å². The molecule has 1 saturated carbocycles. The fraction of sp³-hybridized carbons (Fsp3) is 0.812. The standard InChI is InChI=1S/C16H26O4/c1-10-5-6-13(11(2)15(17)19-4)14-9-16(3,20-18)8-7-12(10)14/h9-13,18H,5-8H2,1-4H3/t10-,11-,12+,13+,16?/m1/s1. The van der Waals surface area contributed by atoms with E-state index in [9.17, 15) is 4.79 Å². The molecule has 1 fully saturated rings. The van der Waals surface area contributed by atoms with Crippen LogP contribution in [0.25, 0.3) is 0 Å². The molecule has 0 aromatic carbocycles. The highest BCUT2D eigenvalue weighted by atomic mass is 17.1. The van der Waals surface area contributed by atoms with Crippen LogP contribution in [0.1, 0.15) is 46.5 Å². The van der Waals surface area contributed by atoms with Crippen LogP contribution >= 0.6 is 0 Å². The van der Waals surface area contributed by atoms with Crippen molar-refractivity contribution in [1.82, 2.24) is 0 Å². The second-order valence-electron chi connectivity index (χ2n) is 6.67. The summed E-state index contributed by atoms with van der Waals surface area (Å²) in [5, 5.41) is 9.15. The van der Waals surface area contributed by atoms with E-state index in [1.54, 1.807) is 0 Å². The third-order valence-corrected chi connectivity index (χ3v) is 5.29. The predicted octanol–water partition coefficient (Wildman–Crippen LogP) is 3.43. The summed E-state index contributed by atoms with van der Waals surface area (Å²) in [5.41, 5.74) is 0.668. The van der Waals surface area contributed by atoms with Gasteiger partial charge >= 0.3 is 5.97 Å². The molecule has 0 amide bonds. The molecule has 2 aliphatic carbocycles. The highest BCUT2D eigenvalue weighted by Gasteiger charge is 2.42. The summed E-state index contributed by atoms with van der Waals surface area (Å²) in [6.07, 6.45) is 6.03. The zero-order chi connectivity index (χ0) is 14.9. The second-order valence-corrected chi connectivity index (χ2v) is 6.67. The minimum Gasteiger partial charge on any atom is -0.469 e. The van der Waals surface area contributed by atoms with Crippen LogP contribution in [0.3, 0.4) is 0 Å². The van der Waals surface area contributed by atoms with Gasteiger partial charge in [-0.25, -0.2) is 4.89 Å². The zero-order valence-electron chi connectivity index (χ0n) is 12.9. The van der Waals surface area contributed by atoms with Gasteiger partial charge in [0.1, 0.15) is 5.60 Å². The highest BCUT2D eigenvalue weighted by molar-refractivity contribution is 5.72. The van der Waals surface area contributed by atoms with Gasteiger partial charge in [-0.2, -0.15) is 0 Å². The van der Waals surface area contributed by atoms with Crippen molar-refractivity contribution in [1.29, 1.82) is 0 Å². The fourth-order valence-electron chi connectivity index (χ4n) is 3.91. The van der Waals surface area contributed by atoms with Crippen LogP contribution < -0.4 is 0 Å². The molecule has 1 unspecified atom stereocenters. The van der Waals surface area contributed by atoms with Crippen molar-refractivity contribution in [2.45, 2.75) is 52.1 Å². The van der Waals surface area contributed by atoms with Crippen LogP contribution in [-0.4, -0.2) is 23.9 Å². The lowest BCUT2D eigenvalue weighted by Gasteiger charge is -2.44. The predicted molar refractivity (Wildman–Crippen MR) is 76.0 cm³/mol. The number of carbonyl (C=O) groups is 1. The average Bonchev–Trinajstić information content (AvgIpc) is 2.46. The maximum atomic E-state index is 11.9. The van der Waals surface area contributed by atoms with E-state index in [1.807, 2.05) is 13.8 Å². The largest absolute Gasteiger partial charge is 0.469 e. The summed E-state index contributed by atoms with van der Waals surface area (Å²) in [6, 6.07) is 0. The molecular weight excluding hydrogens is 256 g/mol. The van der Waals surface area contributed by atoms with E-state index in [0.29, 0.717) is 11.8 Å². The molecule has 0 bridgehead atoms. The monoisotopic (exact) mass is 282 g/mol. The number of fused-ring (bicyclic) bond motifs is 1. The molecule has 20 heavy (non-hydrogen) atoms. The molecule has 0 heterocycles. The van der Waals surface area contributed by atoms with Crippen LogP contribution in [0.5, 0.6) is 0 Å². The Morgan fingerprint density at radius 1 is 1.45 bits per heavy atom. The molecule has 0 radical (unpaired) electrons. The molecular formula is C16H26O4. The lowest BCUT2D eigenvalue weighted by Crippen LogP contribution is -2.40. The summed E-state index contributed by atoms with van der Waals surface area (Å²) in [6.45, 7) is 6.12. The van der Waals surface area contributed by atoms with E-state index in [4.69, 9.17) is 9.99 Å². The molecule has 114 valence electrons. The zero-order valence-corrected chi connectivity index (χ0v) is 12.9. The lowest BCUT2D eigenvalue weighted by atomic mass is 9.62. The Morgan fingerprint density at radius 2 is 2.15 bits per heavy atom. The number of methoxy groups -OCH3 is 1. The molecule has 0 saturated heterocycles. The van der Waals surface area contributed by atoms with Crippen LogP contribution in [-0.2, 0) is 14.4 Å². The van der Waals surface area contributed by atoms with Crippen molar-refractivity contribution in [2.75, 3.05) is 7.11 Å². The second kappa shape index (κ2) is 5.86. The van der Waals surface area contributed by atoms with E-state index in [2.05, 4.69) is 17.9 Å². The smallest absolute Gasteiger partial charge is 0.308 e. The molecule has 2 aliphatic rings. The van der Waals surface area contributed by atoms with Gasteiger partial charge in [-0.15, -0.1) is 0 Å². The van der Waals surface area contributed by atoms with Crippen molar-refractivity contribution in [3.63, 3.8) is 0 Å². The first-order chi connectivity index (χ1) is 9.41. The van der Waals surface area contributed by atoms with Gasteiger partial charge in [0.05, 0.1) is 13.0 Å². The maximum Gasteiger partial charge on any atom is 0.308 e. The van der Waals surface area contributed by atoms with Crippen molar-refractivity contribution in [2.24, 2.45) is 23.7 Å². The SMILES string of the molecule is COC(=O)[C@H](C)[C@@H]1CC[C@@H](C)[C@@H]2CCC(C)(OO)C=C21. The first kappa shape index (κ1) is 15.5. The Labute approximate surface area is 121 Å². The minimum atomic E-state index is -0.614. The summed E-state index contributed by atoms with van der Waals surface area (Å²) in [5.74, 6) is 1.05. The Balaban J connectivity index is 2.31. The normalized spacial score (nSPS) is 38.6. The van der Waals surface area contributed by atoms with Crippen LogP contribution in [0, 0.1) is 23.7 Å². The topological polar surface area (TPSA) is 55.8 Å². The number of hydrogen-bond acceptors (Lipinski definition) is 4. The number of esters is 1. The van der Waals surface area contributed by atoms with Crippen LogP contribution in [0.4, 0.5) is 0 Å². The Bertz CT molecular complexity index is 403. The van der Waals surface area contributed by atoms with Gasteiger partial charge in [0, 0.05) is 0 Å². The lowest BCUT2D eigenvalue weighted by molar-refractivity contribution is -0.306. The van der Waals surface area contributed by atoms with Gasteiger partial charge in [-0.3, -0.25) is 10.1 Å². The molecule has 0 aromatic rings. The first-order valence-corrected chi connectivity index (χ1v) is 7.55. The van der Waals surface area contributed by atoms with Crippen molar-refractivity contribution < 1.29 is 19.7 Å². The van der Waals surface area contributed by atoms with Gasteiger partial charge in [0.15, 0.2) is 0 Å². The molecule has 4 heteroatoms. The van der Waals surface area contributed by atoms with Gasteiger partial charge in [0.2, 0.25) is 0 Å². The van der Waals surface area contributed by atoms with Crippen molar-refractivity contribution in [3.8, 4) is 0 Å². The van der Waals surface area contributed by atoms with Gasteiger partial charge in [0.25, 0.3) is 0 Å². The quantitative estimate of drug-likeness (QED) is 0.373. The van der Waals surface area contributed by atoms with E-state index in [-0.39, 0.29) is 17.8 Å². The Kier molecular flexibility index (Phi) is 4.55. The van der Waals surface area contributed by atoms with E-state index in [1.165, 1.54) is 12.7 Å². The third-order valence-electron chi connectivity index (χ3n) is 5.29. The molecule has 4 nitrogen and oxygen atoms in total. The van der Waals surface area contributed by atoms with E-state index in [0.717, 1.165) is 25.7 Å². The minimum absolute atomic E-state index is 0.137. The van der Waals surface area contributed by atoms with Crippen LogP contribution in [0.15, 0.2) is 11.6 Å². The van der Waals surface area contributed by atoms with Gasteiger partial charge in [-0.1, -0.05) is 25.5 Å². The summed E-state index contributed by atoms with van der Waals surface area (Å²) >= 11 is 0. The Hall–Kier alpha value is -0.870. The molecule has 0 aliphatic heterocycles. The molecule has 2 rings (SSSR count). The molecule has 0 aromatic heterocycles.